The van der Waals surface area contributed by atoms with Crippen molar-refractivity contribution in [3.05, 3.63) is 35.7 Å². The topological polar surface area (TPSA) is 90.1 Å². The van der Waals surface area contributed by atoms with Gasteiger partial charge in [0.15, 0.2) is 0 Å². The molecule has 7 nitrogen and oxygen atoms in total. The summed E-state index contributed by atoms with van der Waals surface area (Å²) in [7, 11) is 0. The number of nitrogens with zero attached hydrogens (tertiary/aromatic N) is 4. The molecule has 0 aromatic carbocycles. The van der Waals surface area contributed by atoms with E-state index in [1.165, 1.54) is 0 Å². The molecule has 130 valence electrons. The van der Waals surface area contributed by atoms with Crippen LogP contribution < -0.4 is 4.74 Å². The maximum absolute atomic E-state index is 10.8. The van der Waals surface area contributed by atoms with E-state index in [0.717, 1.165) is 16.5 Å². The fraction of sp³-hybridized carbons (Fsp3) is 0.294. The molecule has 0 amide bonds. The number of aliphatic carboxylic acids is 1. The smallest absolute Gasteiger partial charge is 0.303 e. The molecule has 0 spiro atoms. The first kappa shape index (κ1) is 17.2. The summed E-state index contributed by atoms with van der Waals surface area (Å²) in [6, 6.07) is 5.43. The Kier molecular flexibility index (Phi) is 5.14. The molecule has 1 N–H and O–H groups in total. The zero-order valence-electron chi connectivity index (χ0n) is 13.6. The van der Waals surface area contributed by atoms with Gasteiger partial charge in [-0.3, -0.25) is 14.5 Å². The predicted molar refractivity (Wildman–Crippen MR) is 93.8 cm³/mol. The second-order valence-corrected chi connectivity index (χ2v) is 5.77. The molecule has 0 atom stereocenters. The van der Waals surface area contributed by atoms with E-state index in [-0.39, 0.29) is 6.42 Å². The van der Waals surface area contributed by atoms with Gasteiger partial charge in [0.25, 0.3) is 0 Å². The average Bonchev–Trinajstić information content (AvgIpc) is 2.94. The monoisotopic (exact) mass is 360 g/mol. The van der Waals surface area contributed by atoms with Gasteiger partial charge in [-0.15, -0.1) is 0 Å². The maximum atomic E-state index is 10.8. The number of halogens is 1. The van der Waals surface area contributed by atoms with Crippen LogP contribution in [0.3, 0.4) is 0 Å². The molecular formula is C17H17ClN4O3. The minimum atomic E-state index is -0.833. The Labute approximate surface area is 149 Å². The molecule has 0 aliphatic carbocycles. The number of aromatic nitrogens is 4. The van der Waals surface area contributed by atoms with Gasteiger partial charge in [-0.1, -0.05) is 11.6 Å². The number of aryl methyl sites for hydroxylation is 1. The van der Waals surface area contributed by atoms with Gasteiger partial charge in [0.2, 0.25) is 5.88 Å². The molecule has 0 fully saturated rings. The second-order valence-electron chi connectivity index (χ2n) is 5.38. The molecule has 0 bridgehead atoms. The number of ether oxygens (including phenoxy) is 1. The SMILES string of the molecule is CCOc1nc(Cl)cc2c1c(-c1ccncc1)nn2CCCC(=O)O. The number of fused-ring (bicyclic) bond motifs is 1. The van der Waals surface area contributed by atoms with Crippen LogP contribution in [0, 0.1) is 0 Å². The number of hydrogen-bond donors (Lipinski definition) is 1. The van der Waals surface area contributed by atoms with Crippen LogP contribution in [-0.2, 0) is 11.3 Å². The maximum Gasteiger partial charge on any atom is 0.303 e. The minimum Gasteiger partial charge on any atom is -0.481 e. The lowest BCUT2D eigenvalue weighted by Gasteiger charge is -2.06. The van der Waals surface area contributed by atoms with Crippen LogP contribution in [-0.4, -0.2) is 37.4 Å². The first-order chi connectivity index (χ1) is 12.1. The van der Waals surface area contributed by atoms with E-state index in [0.29, 0.717) is 36.3 Å². The van der Waals surface area contributed by atoms with Crippen LogP contribution in [0.4, 0.5) is 0 Å². The summed E-state index contributed by atoms with van der Waals surface area (Å²) in [5, 5.41) is 14.6. The van der Waals surface area contributed by atoms with Gasteiger partial charge in [-0.25, -0.2) is 4.98 Å². The van der Waals surface area contributed by atoms with Crippen LogP contribution in [0.1, 0.15) is 19.8 Å². The Balaban J connectivity index is 2.15. The Morgan fingerprint density at radius 3 is 2.80 bits per heavy atom. The molecule has 8 heteroatoms. The number of carboxylic acids is 1. The summed E-state index contributed by atoms with van der Waals surface area (Å²) < 4.78 is 7.41. The standard InChI is InChI=1S/C17H17ClN4O3/c1-2-25-17-15-12(10-13(18)20-17)22(9-3-4-14(23)24)21-16(15)11-5-7-19-8-6-11/h5-8,10H,2-4,9H2,1H3,(H,23,24). The fourth-order valence-electron chi connectivity index (χ4n) is 2.63. The summed E-state index contributed by atoms with van der Waals surface area (Å²) in [6.07, 6.45) is 3.91. The van der Waals surface area contributed by atoms with Gasteiger partial charge in [0.05, 0.1) is 17.5 Å². The molecule has 25 heavy (non-hydrogen) atoms. The summed E-state index contributed by atoms with van der Waals surface area (Å²) >= 11 is 6.13. The van der Waals surface area contributed by atoms with E-state index in [2.05, 4.69) is 15.1 Å². The van der Waals surface area contributed by atoms with E-state index in [1.807, 2.05) is 19.1 Å². The van der Waals surface area contributed by atoms with E-state index in [1.54, 1.807) is 23.1 Å². The molecule has 3 heterocycles. The van der Waals surface area contributed by atoms with Gasteiger partial charge < -0.3 is 9.84 Å². The van der Waals surface area contributed by atoms with E-state index < -0.39 is 5.97 Å². The first-order valence-electron chi connectivity index (χ1n) is 7.92. The molecule has 0 radical (unpaired) electrons. The van der Waals surface area contributed by atoms with Gasteiger partial charge in [0.1, 0.15) is 10.8 Å². The van der Waals surface area contributed by atoms with Crippen LogP contribution in [0.25, 0.3) is 22.2 Å². The average molecular weight is 361 g/mol. The summed E-state index contributed by atoms with van der Waals surface area (Å²) in [5.74, 6) is -0.415. The Hall–Kier alpha value is -2.67. The van der Waals surface area contributed by atoms with Crippen molar-refractivity contribution < 1.29 is 14.6 Å². The molecule has 3 rings (SSSR count). The summed E-state index contributed by atoms with van der Waals surface area (Å²) in [4.78, 5) is 19.1. The highest BCUT2D eigenvalue weighted by atomic mass is 35.5. The predicted octanol–water partition coefficient (Wildman–Crippen LogP) is 3.41. The highest BCUT2D eigenvalue weighted by molar-refractivity contribution is 6.30. The molecule has 0 saturated heterocycles. The van der Waals surface area contributed by atoms with Crippen molar-refractivity contribution in [1.82, 2.24) is 19.7 Å². The largest absolute Gasteiger partial charge is 0.481 e. The minimum absolute atomic E-state index is 0.0725. The first-order valence-corrected chi connectivity index (χ1v) is 8.30. The summed E-state index contributed by atoms with van der Waals surface area (Å²) in [5.41, 5.74) is 2.35. The van der Waals surface area contributed by atoms with Crippen molar-refractivity contribution in [1.29, 1.82) is 0 Å². The molecular weight excluding hydrogens is 344 g/mol. The van der Waals surface area contributed by atoms with E-state index in [4.69, 9.17) is 21.4 Å². The molecule has 0 unspecified atom stereocenters. The van der Waals surface area contributed by atoms with Crippen molar-refractivity contribution in [2.75, 3.05) is 6.61 Å². The molecule has 3 aromatic rings. The van der Waals surface area contributed by atoms with Crippen molar-refractivity contribution in [3.8, 4) is 17.1 Å². The zero-order chi connectivity index (χ0) is 17.8. The van der Waals surface area contributed by atoms with Gasteiger partial charge in [-0.2, -0.15) is 5.10 Å². The molecule has 0 saturated carbocycles. The van der Waals surface area contributed by atoms with Crippen molar-refractivity contribution in [3.63, 3.8) is 0 Å². The van der Waals surface area contributed by atoms with E-state index >= 15 is 0 Å². The Morgan fingerprint density at radius 1 is 1.36 bits per heavy atom. The highest BCUT2D eigenvalue weighted by Gasteiger charge is 2.19. The third-order valence-electron chi connectivity index (χ3n) is 3.67. The number of hydrogen-bond acceptors (Lipinski definition) is 5. The van der Waals surface area contributed by atoms with Crippen LogP contribution in [0.5, 0.6) is 5.88 Å². The quantitative estimate of drug-likeness (QED) is 0.649. The fourth-order valence-corrected chi connectivity index (χ4v) is 2.81. The third kappa shape index (κ3) is 3.71. The highest BCUT2D eigenvalue weighted by Crippen LogP contribution is 2.35. The molecule has 0 aliphatic rings. The van der Waals surface area contributed by atoms with Gasteiger partial charge in [-0.05, 0) is 25.5 Å². The summed E-state index contributed by atoms with van der Waals surface area (Å²) in [6.45, 7) is 2.78. The zero-order valence-corrected chi connectivity index (χ0v) is 14.4. The normalized spacial score (nSPS) is 11.0. The number of carboxylic acid groups (broad SMARTS) is 1. The second kappa shape index (κ2) is 7.48. The van der Waals surface area contributed by atoms with Crippen LogP contribution >= 0.6 is 11.6 Å². The van der Waals surface area contributed by atoms with Gasteiger partial charge in [0, 0.05) is 37.0 Å². The lowest BCUT2D eigenvalue weighted by molar-refractivity contribution is -0.137. The Morgan fingerprint density at radius 2 is 2.12 bits per heavy atom. The van der Waals surface area contributed by atoms with Gasteiger partial charge >= 0.3 is 5.97 Å². The van der Waals surface area contributed by atoms with E-state index in [9.17, 15) is 4.79 Å². The van der Waals surface area contributed by atoms with Crippen LogP contribution in [0.2, 0.25) is 5.15 Å². The van der Waals surface area contributed by atoms with Crippen molar-refractivity contribution >= 4 is 28.5 Å². The van der Waals surface area contributed by atoms with Crippen molar-refractivity contribution in [2.45, 2.75) is 26.3 Å². The molecule has 3 aromatic heterocycles. The Bertz CT molecular complexity index is 896. The third-order valence-corrected chi connectivity index (χ3v) is 3.86. The number of rotatable bonds is 7. The lowest BCUT2D eigenvalue weighted by Crippen LogP contribution is -2.04. The molecule has 0 aliphatic heterocycles. The lowest BCUT2D eigenvalue weighted by atomic mass is 10.1. The van der Waals surface area contributed by atoms with Crippen molar-refractivity contribution in [2.24, 2.45) is 0 Å². The number of carbonyl (C=O) groups is 1. The van der Waals surface area contributed by atoms with Crippen LogP contribution in [0.15, 0.2) is 30.6 Å². The number of pyridine rings is 2.